The fraction of sp³-hybridized carbons (Fsp3) is 0.136. The lowest BCUT2D eigenvalue weighted by molar-refractivity contribution is -0.140. The Kier molecular flexibility index (Phi) is 5.89. The maximum atomic E-state index is 15.4. The SMILES string of the molecule is Cn1nc(-c2cc(C(F)(F)F)c(F)c(OCc3ccccc3)c2F)c2c(Cl)cc(Br)cc21. The molecule has 0 spiro atoms. The van der Waals surface area contributed by atoms with Gasteiger partial charge in [-0.3, -0.25) is 4.68 Å². The van der Waals surface area contributed by atoms with Crippen LogP contribution in [-0.4, -0.2) is 9.78 Å². The van der Waals surface area contributed by atoms with Gasteiger partial charge in [-0.05, 0) is 23.8 Å². The molecule has 0 atom stereocenters. The minimum Gasteiger partial charge on any atom is -0.483 e. The van der Waals surface area contributed by atoms with E-state index in [0.717, 1.165) is 0 Å². The lowest BCUT2D eigenvalue weighted by Crippen LogP contribution is -2.12. The van der Waals surface area contributed by atoms with Crippen molar-refractivity contribution in [1.29, 1.82) is 0 Å². The van der Waals surface area contributed by atoms with E-state index in [0.29, 0.717) is 21.6 Å². The fourth-order valence-electron chi connectivity index (χ4n) is 3.34. The van der Waals surface area contributed by atoms with E-state index in [1.807, 2.05) is 0 Å². The van der Waals surface area contributed by atoms with E-state index in [9.17, 15) is 17.6 Å². The Hall–Kier alpha value is -2.65. The van der Waals surface area contributed by atoms with Crippen LogP contribution >= 0.6 is 27.5 Å². The minimum atomic E-state index is -5.09. The molecule has 4 aromatic rings. The zero-order valence-electron chi connectivity index (χ0n) is 16.3. The van der Waals surface area contributed by atoms with E-state index in [1.54, 1.807) is 36.4 Å². The van der Waals surface area contributed by atoms with Gasteiger partial charge < -0.3 is 4.74 Å². The number of aryl methyl sites for hydroxylation is 1. The van der Waals surface area contributed by atoms with Gasteiger partial charge in [-0.1, -0.05) is 57.9 Å². The van der Waals surface area contributed by atoms with Gasteiger partial charge in [-0.25, -0.2) is 8.78 Å². The number of ether oxygens (including phenoxy) is 1. The molecule has 166 valence electrons. The predicted molar refractivity (Wildman–Crippen MR) is 115 cm³/mol. The zero-order valence-corrected chi connectivity index (χ0v) is 18.6. The monoisotopic (exact) mass is 530 g/mol. The van der Waals surface area contributed by atoms with Crippen LogP contribution in [-0.2, 0) is 19.8 Å². The van der Waals surface area contributed by atoms with Gasteiger partial charge in [-0.2, -0.15) is 18.3 Å². The number of rotatable bonds is 4. The Morgan fingerprint density at radius 3 is 2.41 bits per heavy atom. The van der Waals surface area contributed by atoms with Gasteiger partial charge in [-0.15, -0.1) is 0 Å². The predicted octanol–water partition coefficient (Wildman–Crippen LogP) is 7.53. The summed E-state index contributed by atoms with van der Waals surface area (Å²) in [6.45, 7) is -0.327. The molecule has 0 aliphatic carbocycles. The second-order valence-electron chi connectivity index (χ2n) is 6.95. The number of alkyl halides is 3. The summed E-state index contributed by atoms with van der Waals surface area (Å²) in [6.07, 6.45) is -5.09. The first-order chi connectivity index (χ1) is 15.1. The van der Waals surface area contributed by atoms with E-state index in [1.165, 1.54) is 17.8 Å². The first kappa shape index (κ1) is 22.5. The first-order valence-corrected chi connectivity index (χ1v) is 10.3. The number of hydrogen-bond acceptors (Lipinski definition) is 2. The van der Waals surface area contributed by atoms with Crippen molar-refractivity contribution in [2.45, 2.75) is 12.8 Å². The molecule has 0 amide bonds. The Morgan fingerprint density at radius 1 is 1.06 bits per heavy atom. The van der Waals surface area contributed by atoms with E-state index in [2.05, 4.69) is 21.0 Å². The van der Waals surface area contributed by atoms with E-state index in [4.69, 9.17) is 16.3 Å². The van der Waals surface area contributed by atoms with Crippen molar-refractivity contribution >= 4 is 38.4 Å². The van der Waals surface area contributed by atoms with Crippen molar-refractivity contribution < 1.29 is 26.7 Å². The molecule has 0 fully saturated rings. The number of benzene rings is 3. The van der Waals surface area contributed by atoms with Gasteiger partial charge in [0.15, 0.2) is 17.4 Å². The summed E-state index contributed by atoms with van der Waals surface area (Å²) in [4.78, 5) is 0. The molecule has 4 rings (SSSR count). The third-order valence-corrected chi connectivity index (χ3v) is 5.57. The third-order valence-electron chi connectivity index (χ3n) is 4.82. The lowest BCUT2D eigenvalue weighted by Gasteiger charge is -2.16. The van der Waals surface area contributed by atoms with E-state index >= 15 is 4.39 Å². The van der Waals surface area contributed by atoms with Crippen LogP contribution in [0.3, 0.4) is 0 Å². The van der Waals surface area contributed by atoms with Gasteiger partial charge in [0.05, 0.1) is 16.1 Å². The van der Waals surface area contributed by atoms with Crippen LogP contribution in [0.5, 0.6) is 5.75 Å². The standard InChI is InChI=1S/C22H13BrClF5N2O/c1-31-16-8-12(23)7-15(24)17(16)20(30-31)13-9-14(22(27,28)29)19(26)21(18(13)25)32-10-11-5-3-2-4-6-11/h2-9H,10H2,1H3. The summed E-state index contributed by atoms with van der Waals surface area (Å²) in [5, 5.41) is 4.53. The number of aromatic nitrogens is 2. The second kappa shape index (κ2) is 8.37. The van der Waals surface area contributed by atoms with Crippen LogP contribution in [0.15, 0.2) is 53.0 Å². The summed E-state index contributed by atoms with van der Waals surface area (Å²) in [5.74, 6) is -4.26. The van der Waals surface area contributed by atoms with Crippen LogP contribution in [0.25, 0.3) is 22.2 Å². The summed E-state index contributed by atoms with van der Waals surface area (Å²) in [7, 11) is 1.54. The molecule has 0 N–H and O–H groups in total. The molecule has 10 heteroatoms. The molecule has 3 nitrogen and oxygen atoms in total. The van der Waals surface area contributed by atoms with Gasteiger partial charge in [0.2, 0.25) is 0 Å². The summed E-state index contributed by atoms with van der Waals surface area (Å²) in [6, 6.07) is 11.8. The molecule has 0 bridgehead atoms. The quantitative estimate of drug-likeness (QED) is 0.255. The summed E-state index contributed by atoms with van der Waals surface area (Å²) < 4.78 is 78.1. The smallest absolute Gasteiger partial charge is 0.419 e. The number of nitrogens with zero attached hydrogens (tertiary/aromatic N) is 2. The van der Waals surface area contributed by atoms with Crippen molar-refractivity contribution in [2.24, 2.45) is 7.05 Å². The summed E-state index contributed by atoms with van der Waals surface area (Å²) in [5.41, 5.74) is -1.42. The average Bonchev–Trinajstić information content (AvgIpc) is 3.04. The maximum Gasteiger partial charge on any atom is 0.419 e. The highest BCUT2D eigenvalue weighted by atomic mass is 79.9. The van der Waals surface area contributed by atoms with Crippen LogP contribution in [0.1, 0.15) is 11.1 Å². The largest absolute Gasteiger partial charge is 0.483 e. The molecule has 3 aromatic carbocycles. The maximum absolute atomic E-state index is 15.4. The van der Waals surface area contributed by atoms with Crippen LogP contribution in [0.2, 0.25) is 5.02 Å². The van der Waals surface area contributed by atoms with Gasteiger partial charge in [0, 0.05) is 22.5 Å². The normalized spacial score (nSPS) is 11.9. The minimum absolute atomic E-state index is 0.140. The highest BCUT2D eigenvalue weighted by Gasteiger charge is 2.38. The fourth-order valence-corrected chi connectivity index (χ4v) is 4.22. The number of halogens is 7. The van der Waals surface area contributed by atoms with Gasteiger partial charge in [0.1, 0.15) is 12.3 Å². The Morgan fingerprint density at radius 2 is 1.75 bits per heavy atom. The third kappa shape index (κ3) is 4.06. The molecule has 0 aliphatic heterocycles. The number of hydrogen-bond donors (Lipinski definition) is 0. The van der Waals surface area contributed by atoms with Crippen molar-refractivity contribution in [3.05, 3.63) is 80.8 Å². The molecule has 0 saturated heterocycles. The van der Waals surface area contributed by atoms with Crippen molar-refractivity contribution in [1.82, 2.24) is 9.78 Å². The highest BCUT2D eigenvalue weighted by molar-refractivity contribution is 9.10. The van der Waals surface area contributed by atoms with Crippen LogP contribution in [0.4, 0.5) is 22.0 Å². The number of fused-ring (bicyclic) bond motifs is 1. The van der Waals surface area contributed by atoms with Crippen molar-refractivity contribution in [3.63, 3.8) is 0 Å². The highest BCUT2D eigenvalue weighted by Crippen LogP contribution is 2.43. The zero-order chi connectivity index (χ0) is 23.2. The first-order valence-electron chi connectivity index (χ1n) is 9.16. The Bertz CT molecular complexity index is 1320. The molecular weight excluding hydrogens is 519 g/mol. The molecule has 0 saturated carbocycles. The van der Waals surface area contributed by atoms with Crippen molar-refractivity contribution in [2.75, 3.05) is 0 Å². The van der Waals surface area contributed by atoms with Gasteiger partial charge >= 0.3 is 6.18 Å². The van der Waals surface area contributed by atoms with Crippen LogP contribution in [0, 0.1) is 11.6 Å². The molecule has 1 aromatic heterocycles. The van der Waals surface area contributed by atoms with Crippen LogP contribution < -0.4 is 4.74 Å². The second-order valence-corrected chi connectivity index (χ2v) is 8.28. The molecule has 0 aliphatic rings. The Labute approximate surface area is 192 Å². The Balaban J connectivity index is 1.94. The summed E-state index contributed by atoms with van der Waals surface area (Å²) >= 11 is 9.57. The van der Waals surface area contributed by atoms with E-state index in [-0.39, 0.29) is 22.7 Å². The molecule has 0 radical (unpaired) electrons. The van der Waals surface area contributed by atoms with E-state index < -0.39 is 34.7 Å². The molecular formula is C22H13BrClF5N2O. The molecule has 1 heterocycles. The lowest BCUT2D eigenvalue weighted by atomic mass is 10.0. The van der Waals surface area contributed by atoms with Crippen molar-refractivity contribution in [3.8, 4) is 17.0 Å². The molecule has 0 unspecified atom stereocenters. The average molecular weight is 532 g/mol. The molecule has 32 heavy (non-hydrogen) atoms. The topological polar surface area (TPSA) is 27.1 Å². The van der Waals surface area contributed by atoms with Gasteiger partial charge in [0.25, 0.3) is 0 Å².